The summed E-state index contributed by atoms with van der Waals surface area (Å²) in [6.45, 7) is 7.11. The van der Waals surface area contributed by atoms with Gasteiger partial charge in [0, 0.05) is 20.0 Å². The van der Waals surface area contributed by atoms with Gasteiger partial charge in [-0.05, 0) is 55.2 Å². The van der Waals surface area contributed by atoms with Crippen molar-refractivity contribution in [2.24, 2.45) is 4.99 Å². The van der Waals surface area contributed by atoms with Crippen LogP contribution in [0.3, 0.4) is 0 Å². The zero-order valence-corrected chi connectivity index (χ0v) is 13.7. The predicted molar refractivity (Wildman–Crippen MR) is 91.6 cm³/mol. The van der Waals surface area contributed by atoms with Gasteiger partial charge >= 0.3 is 0 Å². The Balaban J connectivity index is 2.27. The molecule has 0 fully saturated rings. The van der Waals surface area contributed by atoms with Crippen molar-refractivity contribution < 1.29 is 4.39 Å². The molecule has 3 heteroatoms. The maximum Gasteiger partial charge on any atom is 0.126 e. The van der Waals surface area contributed by atoms with Crippen molar-refractivity contribution in [3.63, 3.8) is 0 Å². The van der Waals surface area contributed by atoms with Crippen LogP contribution in [0.15, 0.2) is 41.4 Å². The first-order chi connectivity index (χ1) is 10.5. The van der Waals surface area contributed by atoms with Crippen molar-refractivity contribution >= 4 is 12.0 Å². The number of rotatable bonds is 5. The Kier molecular flexibility index (Phi) is 5.31. The van der Waals surface area contributed by atoms with Gasteiger partial charge in [-0.25, -0.2) is 9.38 Å². The molecule has 0 radical (unpaired) electrons. The van der Waals surface area contributed by atoms with Gasteiger partial charge < -0.3 is 4.90 Å². The van der Waals surface area contributed by atoms with Crippen molar-refractivity contribution in [1.82, 2.24) is 4.90 Å². The van der Waals surface area contributed by atoms with Gasteiger partial charge in [-0.1, -0.05) is 24.3 Å². The second-order valence-electron chi connectivity index (χ2n) is 5.65. The van der Waals surface area contributed by atoms with Gasteiger partial charge in [-0.2, -0.15) is 0 Å². The van der Waals surface area contributed by atoms with Gasteiger partial charge in [0.1, 0.15) is 5.82 Å². The molecule has 2 aromatic rings. The van der Waals surface area contributed by atoms with Crippen molar-refractivity contribution in [3.05, 3.63) is 64.5 Å². The summed E-state index contributed by atoms with van der Waals surface area (Å²) in [5.74, 6) is -0.147. The maximum absolute atomic E-state index is 13.8. The van der Waals surface area contributed by atoms with Gasteiger partial charge in [0.15, 0.2) is 0 Å². The summed E-state index contributed by atoms with van der Waals surface area (Å²) in [6, 6.07) is 11.1. The van der Waals surface area contributed by atoms with Crippen LogP contribution in [0.4, 0.5) is 10.1 Å². The van der Waals surface area contributed by atoms with Crippen molar-refractivity contribution in [3.8, 4) is 0 Å². The third-order valence-corrected chi connectivity index (χ3v) is 3.89. The van der Waals surface area contributed by atoms with E-state index in [1.807, 2.05) is 37.3 Å². The molecule has 2 nitrogen and oxygen atoms in total. The van der Waals surface area contributed by atoms with E-state index < -0.39 is 0 Å². The van der Waals surface area contributed by atoms with Gasteiger partial charge in [-0.15, -0.1) is 0 Å². The van der Waals surface area contributed by atoms with E-state index in [1.165, 1.54) is 6.07 Å². The molecule has 0 aliphatic rings. The fourth-order valence-corrected chi connectivity index (χ4v) is 2.28. The average molecular weight is 298 g/mol. The van der Waals surface area contributed by atoms with E-state index in [1.54, 1.807) is 6.07 Å². The summed E-state index contributed by atoms with van der Waals surface area (Å²) in [5, 5.41) is 0. The van der Waals surface area contributed by atoms with E-state index in [0.29, 0.717) is 6.42 Å². The number of nitrogens with zero attached hydrogens (tertiary/aromatic N) is 2. The molecule has 0 unspecified atom stereocenters. The summed E-state index contributed by atoms with van der Waals surface area (Å²) >= 11 is 0. The first kappa shape index (κ1) is 16.2. The standard InChI is InChI=1S/C19H23FN2/c1-5-22(4)13-21-19-11-14(2)17(10-15(19)3)12-16-8-6-7-9-18(16)20/h6-11,13H,5,12H2,1-4H3. The summed E-state index contributed by atoms with van der Waals surface area (Å²) in [7, 11) is 2.00. The van der Waals surface area contributed by atoms with Gasteiger partial charge in [-0.3, -0.25) is 0 Å². The molecule has 0 aromatic heterocycles. The Hall–Kier alpha value is -2.16. The molecule has 22 heavy (non-hydrogen) atoms. The monoisotopic (exact) mass is 298 g/mol. The van der Waals surface area contributed by atoms with Crippen LogP contribution in [0.25, 0.3) is 0 Å². The molecule has 116 valence electrons. The van der Waals surface area contributed by atoms with E-state index in [4.69, 9.17) is 0 Å². The van der Waals surface area contributed by atoms with Gasteiger partial charge in [0.2, 0.25) is 0 Å². The number of aryl methyl sites for hydroxylation is 2. The minimum Gasteiger partial charge on any atom is -0.366 e. The predicted octanol–water partition coefficient (Wildman–Crippen LogP) is 4.64. The highest BCUT2D eigenvalue weighted by atomic mass is 19.1. The van der Waals surface area contributed by atoms with Crippen LogP contribution >= 0.6 is 0 Å². The van der Waals surface area contributed by atoms with Crippen LogP contribution in [0.5, 0.6) is 0 Å². The van der Waals surface area contributed by atoms with Crippen LogP contribution in [0.2, 0.25) is 0 Å². The van der Waals surface area contributed by atoms with Gasteiger partial charge in [0.25, 0.3) is 0 Å². The Bertz CT molecular complexity index is 677. The SMILES string of the molecule is CCN(C)C=Nc1cc(C)c(Cc2ccccc2F)cc1C. The lowest BCUT2D eigenvalue weighted by atomic mass is 9.97. The first-order valence-corrected chi connectivity index (χ1v) is 7.59. The normalized spacial score (nSPS) is 11.1. The Labute approximate surface area is 132 Å². The first-order valence-electron chi connectivity index (χ1n) is 7.59. The molecule has 0 amide bonds. The maximum atomic E-state index is 13.8. The molecule has 0 saturated carbocycles. The Morgan fingerprint density at radius 1 is 1.09 bits per heavy atom. The molecular formula is C19H23FN2. The smallest absolute Gasteiger partial charge is 0.126 e. The summed E-state index contributed by atoms with van der Waals surface area (Å²) < 4.78 is 13.8. The largest absolute Gasteiger partial charge is 0.366 e. The summed E-state index contributed by atoms with van der Waals surface area (Å²) in [5.41, 5.74) is 5.09. The lowest BCUT2D eigenvalue weighted by Crippen LogP contribution is -2.14. The number of benzene rings is 2. The molecule has 0 atom stereocenters. The van der Waals surface area contributed by atoms with Crippen LogP contribution in [0.1, 0.15) is 29.2 Å². The van der Waals surface area contributed by atoms with Crippen molar-refractivity contribution in [2.75, 3.05) is 13.6 Å². The molecule has 2 rings (SSSR count). The quantitative estimate of drug-likeness (QED) is 0.580. The van der Waals surface area contributed by atoms with Crippen LogP contribution < -0.4 is 0 Å². The van der Waals surface area contributed by atoms with E-state index in [0.717, 1.165) is 34.5 Å². The Morgan fingerprint density at radius 2 is 1.82 bits per heavy atom. The molecule has 2 aromatic carbocycles. The zero-order valence-electron chi connectivity index (χ0n) is 13.7. The van der Waals surface area contributed by atoms with Crippen LogP contribution in [-0.2, 0) is 6.42 Å². The highest BCUT2D eigenvalue weighted by Gasteiger charge is 2.07. The number of aliphatic imine (C=N–C) groups is 1. The fourth-order valence-electron chi connectivity index (χ4n) is 2.28. The minimum absolute atomic E-state index is 0.147. The Morgan fingerprint density at radius 3 is 2.50 bits per heavy atom. The van der Waals surface area contributed by atoms with Crippen molar-refractivity contribution in [2.45, 2.75) is 27.2 Å². The lowest BCUT2D eigenvalue weighted by Gasteiger charge is -2.12. The van der Waals surface area contributed by atoms with E-state index in [2.05, 4.69) is 31.0 Å². The fraction of sp³-hybridized carbons (Fsp3) is 0.316. The lowest BCUT2D eigenvalue weighted by molar-refractivity contribution is 0.552. The van der Waals surface area contributed by atoms with E-state index in [9.17, 15) is 4.39 Å². The molecule has 0 spiro atoms. The van der Waals surface area contributed by atoms with Gasteiger partial charge in [0.05, 0.1) is 12.0 Å². The summed E-state index contributed by atoms with van der Waals surface area (Å²) in [6.07, 6.45) is 2.45. The topological polar surface area (TPSA) is 15.6 Å². The van der Waals surface area contributed by atoms with E-state index in [-0.39, 0.29) is 5.82 Å². The second-order valence-corrected chi connectivity index (χ2v) is 5.65. The molecule has 0 bridgehead atoms. The molecule has 0 aliphatic carbocycles. The van der Waals surface area contributed by atoms with Crippen molar-refractivity contribution in [1.29, 1.82) is 0 Å². The highest BCUT2D eigenvalue weighted by molar-refractivity contribution is 5.64. The molecular weight excluding hydrogens is 275 g/mol. The molecule has 0 aliphatic heterocycles. The number of hydrogen-bond donors (Lipinski definition) is 0. The summed E-state index contributed by atoms with van der Waals surface area (Å²) in [4.78, 5) is 6.56. The van der Waals surface area contributed by atoms with Crippen LogP contribution in [-0.4, -0.2) is 24.8 Å². The third-order valence-electron chi connectivity index (χ3n) is 3.89. The third kappa shape index (κ3) is 3.94. The zero-order chi connectivity index (χ0) is 16.1. The average Bonchev–Trinajstić information content (AvgIpc) is 2.51. The van der Waals surface area contributed by atoms with E-state index >= 15 is 0 Å². The second kappa shape index (κ2) is 7.21. The molecule has 0 saturated heterocycles. The molecule has 0 N–H and O–H groups in total. The number of hydrogen-bond acceptors (Lipinski definition) is 1. The van der Waals surface area contributed by atoms with Crippen LogP contribution in [0, 0.1) is 19.7 Å². The number of halogens is 1. The molecule has 0 heterocycles. The minimum atomic E-state index is -0.147. The highest BCUT2D eigenvalue weighted by Crippen LogP contribution is 2.25.